The minimum atomic E-state index is -0.840. The van der Waals surface area contributed by atoms with E-state index < -0.39 is 23.3 Å². The number of fused-ring (bicyclic) bond motifs is 1. The Hall–Kier alpha value is -1.95. The minimum Gasteiger partial charge on any atom is -0.350 e. The fourth-order valence-electron chi connectivity index (χ4n) is 2.20. The largest absolute Gasteiger partial charge is 0.350 e. The zero-order chi connectivity index (χ0) is 15.1. The first-order valence-corrected chi connectivity index (χ1v) is 6.36. The molecule has 108 valence electrons. The summed E-state index contributed by atoms with van der Waals surface area (Å²) in [6, 6.07) is 3.12. The number of carbonyl (C=O) groups excluding carboxylic acids is 2. The predicted octanol–water partition coefficient (Wildman–Crippen LogP) is 1.09. The molecule has 0 spiro atoms. The van der Waals surface area contributed by atoms with Crippen molar-refractivity contribution in [2.75, 3.05) is 11.4 Å². The van der Waals surface area contributed by atoms with E-state index in [0.717, 1.165) is 0 Å². The van der Waals surface area contributed by atoms with Gasteiger partial charge in [0.05, 0.1) is 5.69 Å². The van der Waals surface area contributed by atoms with Crippen molar-refractivity contribution >= 4 is 17.5 Å². The van der Waals surface area contributed by atoms with Crippen LogP contribution in [-0.4, -0.2) is 23.9 Å². The van der Waals surface area contributed by atoms with E-state index in [-0.39, 0.29) is 12.5 Å². The first-order chi connectivity index (χ1) is 9.19. The second-order valence-electron chi connectivity index (χ2n) is 5.90. The monoisotopic (exact) mass is 279 g/mol. The highest BCUT2D eigenvalue weighted by atomic mass is 19.1. The van der Waals surface area contributed by atoms with E-state index >= 15 is 0 Å². The molecule has 1 heterocycles. The van der Waals surface area contributed by atoms with Crippen LogP contribution < -0.4 is 16.0 Å². The summed E-state index contributed by atoms with van der Waals surface area (Å²) in [5.41, 5.74) is 6.30. The SMILES string of the molecule is CC(C)(C)NC(=O)CN1C(=O)C(N)c2ccc(F)cc21. The van der Waals surface area contributed by atoms with Crippen molar-refractivity contribution in [1.29, 1.82) is 0 Å². The van der Waals surface area contributed by atoms with Crippen LogP contribution >= 0.6 is 0 Å². The predicted molar refractivity (Wildman–Crippen MR) is 73.6 cm³/mol. The number of amides is 2. The van der Waals surface area contributed by atoms with E-state index in [1.54, 1.807) is 0 Å². The molecule has 5 nitrogen and oxygen atoms in total. The lowest BCUT2D eigenvalue weighted by molar-refractivity contribution is -0.124. The smallest absolute Gasteiger partial charge is 0.249 e. The zero-order valence-electron chi connectivity index (χ0n) is 11.7. The van der Waals surface area contributed by atoms with Gasteiger partial charge in [0.15, 0.2) is 0 Å². The molecule has 1 aliphatic rings. The first kappa shape index (κ1) is 14.5. The summed E-state index contributed by atoms with van der Waals surface area (Å²) in [5.74, 6) is -1.17. The van der Waals surface area contributed by atoms with Crippen molar-refractivity contribution in [3.05, 3.63) is 29.6 Å². The molecule has 6 heteroatoms. The van der Waals surface area contributed by atoms with Crippen LogP contribution in [0.4, 0.5) is 10.1 Å². The summed E-state index contributed by atoms with van der Waals surface area (Å²) < 4.78 is 13.3. The molecule has 0 bridgehead atoms. The molecule has 0 radical (unpaired) electrons. The number of carbonyl (C=O) groups is 2. The Kier molecular flexibility index (Phi) is 3.52. The number of hydrogen-bond acceptors (Lipinski definition) is 3. The lowest BCUT2D eigenvalue weighted by Crippen LogP contribution is -2.47. The Labute approximate surface area is 116 Å². The van der Waals surface area contributed by atoms with Crippen molar-refractivity contribution < 1.29 is 14.0 Å². The molecular weight excluding hydrogens is 261 g/mol. The highest BCUT2D eigenvalue weighted by molar-refractivity contribution is 6.07. The van der Waals surface area contributed by atoms with Crippen LogP contribution in [0.25, 0.3) is 0 Å². The Morgan fingerprint density at radius 3 is 2.70 bits per heavy atom. The van der Waals surface area contributed by atoms with Crippen molar-refractivity contribution in [2.45, 2.75) is 32.4 Å². The normalized spacial score (nSPS) is 18.1. The first-order valence-electron chi connectivity index (χ1n) is 6.36. The molecule has 3 N–H and O–H groups in total. The van der Waals surface area contributed by atoms with Gasteiger partial charge in [0.25, 0.3) is 0 Å². The van der Waals surface area contributed by atoms with E-state index in [9.17, 15) is 14.0 Å². The van der Waals surface area contributed by atoms with Crippen LogP contribution in [0.5, 0.6) is 0 Å². The van der Waals surface area contributed by atoms with Crippen LogP contribution in [0.15, 0.2) is 18.2 Å². The van der Waals surface area contributed by atoms with Crippen LogP contribution in [0, 0.1) is 5.82 Å². The van der Waals surface area contributed by atoms with Crippen molar-refractivity contribution in [3.8, 4) is 0 Å². The van der Waals surface area contributed by atoms with E-state index in [2.05, 4.69) is 5.32 Å². The van der Waals surface area contributed by atoms with Gasteiger partial charge in [0.2, 0.25) is 11.8 Å². The molecule has 0 aromatic heterocycles. The standard InChI is InChI=1S/C14H18FN3O2/c1-14(2,3)17-11(19)7-18-10-6-8(15)4-5-9(10)12(16)13(18)20/h4-6,12H,7,16H2,1-3H3,(H,17,19). The maximum atomic E-state index is 13.3. The van der Waals surface area contributed by atoms with Crippen LogP contribution in [0.3, 0.4) is 0 Å². The van der Waals surface area contributed by atoms with Gasteiger partial charge < -0.3 is 16.0 Å². The van der Waals surface area contributed by atoms with E-state index in [1.165, 1.54) is 23.1 Å². The van der Waals surface area contributed by atoms with Crippen LogP contribution in [0.1, 0.15) is 32.4 Å². The number of nitrogens with one attached hydrogen (secondary N) is 1. The molecule has 2 rings (SSSR count). The third kappa shape index (κ3) is 2.80. The maximum absolute atomic E-state index is 13.3. The van der Waals surface area contributed by atoms with Gasteiger partial charge in [0.1, 0.15) is 18.4 Å². The molecule has 1 unspecified atom stereocenters. The third-order valence-electron chi connectivity index (χ3n) is 2.97. The van der Waals surface area contributed by atoms with Gasteiger partial charge in [-0.15, -0.1) is 0 Å². The summed E-state index contributed by atoms with van der Waals surface area (Å²) in [6.45, 7) is 5.36. The van der Waals surface area contributed by atoms with Crippen LogP contribution in [0.2, 0.25) is 0 Å². The van der Waals surface area contributed by atoms with Gasteiger partial charge in [-0.2, -0.15) is 0 Å². The molecule has 0 saturated heterocycles. The number of hydrogen-bond donors (Lipinski definition) is 2. The Morgan fingerprint density at radius 1 is 1.45 bits per heavy atom. The number of rotatable bonds is 2. The number of halogens is 1. The highest BCUT2D eigenvalue weighted by Crippen LogP contribution is 2.34. The van der Waals surface area contributed by atoms with Gasteiger partial charge in [-0.3, -0.25) is 9.59 Å². The number of nitrogens with zero attached hydrogens (tertiary/aromatic N) is 1. The van der Waals surface area contributed by atoms with Crippen molar-refractivity contribution in [3.63, 3.8) is 0 Å². The summed E-state index contributed by atoms with van der Waals surface area (Å²) >= 11 is 0. The van der Waals surface area contributed by atoms with E-state index in [1.807, 2.05) is 20.8 Å². The average Bonchev–Trinajstić information content (AvgIpc) is 2.52. The quantitative estimate of drug-likeness (QED) is 0.851. The lowest BCUT2D eigenvalue weighted by Gasteiger charge is -2.23. The van der Waals surface area contributed by atoms with Gasteiger partial charge in [-0.1, -0.05) is 6.07 Å². The van der Waals surface area contributed by atoms with Gasteiger partial charge in [-0.05, 0) is 32.9 Å². The Balaban J connectivity index is 2.23. The van der Waals surface area contributed by atoms with Gasteiger partial charge >= 0.3 is 0 Å². The molecule has 0 aliphatic carbocycles. The van der Waals surface area contributed by atoms with Gasteiger partial charge in [-0.25, -0.2) is 4.39 Å². The minimum absolute atomic E-state index is 0.166. The molecule has 1 atom stereocenters. The lowest BCUT2D eigenvalue weighted by atomic mass is 10.1. The highest BCUT2D eigenvalue weighted by Gasteiger charge is 2.36. The second-order valence-corrected chi connectivity index (χ2v) is 5.90. The number of benzene rings is 1. The summed E-state index contributed by atoms with van der Waals surface area (Å²) in [5, 5.41) is 2.76. The summed E-state index contributed by atoms with van der Waals surface area (Å²) in [7, 11) is 0. The molecule has 1 aromatic rings. The Morgan fingerprint density at radius 2 is 2.10 bits per heavy atom. The Bertz CT molecular complexity index is 566. The fourth-order valence-corrected chi connectivity index (χ4v) is 2.20. The maximum Gasteiger partial charge on any atom is 0.249 e. The molecule has 0 saturated carbocycles. The van der Waals surface area contributed by atoms with E-state index in [0.29, 0.717) is 11.3 Å². The third-order valence-corrected chi connectivity index (χ3v) is 2.97. The topological polar surface area (TPSA) is 75.4 Å². The number of nitrogens with two attached hydrogens (primary N) is 1. The van der Waals surface area contributed by atoms with Crippen molar-refractivity contribution in [2.24, 2.45) is 5.73 Å². The van der Waals surface area contributed by atoms with Crippen LogP contribution in [-0.2, 0) is 9.59 Å². The van der Waals surface area contributed by atoms with Gasteiger partial charge in [0, 0.05) is 11.1 Å². The fraction of sp³-hybridized carbons (Fsp3) is 0.429. The summed E-state index contributed by atoms with van der Waals surface area (Å²) in [4.78, 5) is 25.2. The second kappa shape index (κ2) is 4.86. The molecule has 20 heavy (non-hydrogen) atoms. The summed E-state index contributed by atoms with van der Waals surface area (Å²) in [6.07, 6.45) is 0. The van der Waals surface area contributed by atoms with E-state index in [4.69, 9.17) is 5.73 Å². The number of anilines is 1. The average molecular weight is 279 g/mol. The zero-order valence-corrected chi connectivity index (χ0v) is 11.7. The molecule has 1 aromatic carbocycles. The molecule has 1 aliphatic heterocycles. The molecular formula is C14H18FN3O2. The molecule has 0 fully saturated rings. The molecule has 2 amide bonds. The van der Waals surface area contributed by atoms with Crippen molar-refractivity contribution in [1.82, 2.24) is 5.32 Å².